The largest absolute Gasteiger partial charge is 0.487 e. The topological polar surface area (TPSA) is 68.3 Å². The van der Waals surface area contributed by atoms with E-state index in [0.717, 1.165) is 83.2 Å². The van der Waals surface area contributed by atoms with Crippen LogP contribution in [-0.2, 0) is 26.3 Å². The Balaban J connectivity index is 1.50. The minimum Gasteiger partial charge on any atom is -0.487 e. The number of hydrogen-bond donors (Lipinski definition) is 2. The molecule has 0 radical (unpaired) electrons. The lowest BCUT2D eigenvalue weighted by Crippen LogP contribution is -2.22. The zero-order valence-electron chi connectivity index (χ0n) is 19.5. The van der Waals surface area contributed by atoms with Crippen LogP contribution in [0.2, 0.25) is 0 Å². The summed E-state index contributed by atoms with van der Waals surface area (Å²) in [5.74, 6) is 1.72. The van der Waals surface area contributed by atoms with Gasteiger partial charge in [0, 0.05) is 24.2 Å². The second kappa shape index (κ2) is 10.6. The van der Waals surface area contributed by atoms with Crippen LogP contribution in [0.4, 0.5) is 0 Å². The van der Waals surface area contributed by atoms with Gasteiger partial charge < -0.3 is 20.1 Å². The molecule has 6 nitrogen and oxygen atoms in total. The first-order chi connectivity index (χ1) is 16.8. The van der Waals surface area contributed by atoms with Gasteiger partial charge >= 0.3 is 0 Å². The lowest BCUT2D eigenvalue weighted by Gasteiger charge is -2.15. The molecule has 34 heavy (non-hydrogen) atoms. The summed E-state index contributed by atoms with van der Waals surface area (Å²) in [6.45, 7) is 6.11. The lowest BCUT2D eigenvalue weighted by atomic mass is 10.2. The second-order valence-electron chi connectivity index (χ2n) is 8.61. The van der Waals surface area contributed by atoms with Gasteiger partial charge in [0.15, 0.2) is 0 Å². The number of nitrogens with one attached hydrogen (secondary N) is 2. The molecule has 0 saturated heterocycles. The molecule has 0 fully saturated rings. The summed E-state index contributed by atoms with van der Waals surface area (Å²) >= 11 is 0. The van der Waals surface area contributed by atoms with Gasteiger partial charge in [0.2, 0.25) is 0 Å². The Morgan fingerprint density at radius 3 is 1.85 bits per heavy atom. The molecule has 1 aromatic heterocycles. The summed E-state index contributed by atoms with van der Waals surface area (Å²) < 4.78 is 12.5. The van der Waals surface area contributed by atoms with Crippen LogP contribution in [0.25, 0.3) is 11.0 Å². The fraction of sp³-hybridized carbons (Fsp3) is 0.286. The van der Waals surface area contributed by atoms with Crippen molar-refractivity contribution in [2.45, 2.75) is 39.6 Å². The first-order valence-corrected chi connectivity index (χ1v) is 11.9. The molecule has 0 saturated carbocycles. The smallest absolute Gasteiger partial charge is 0.132 e. The van der Waals surface area contributed by atoms with E-state index in [1.807, 2.05) is 42.5 Å². The van der Waals surface area contributed by atoms with Crippen LogP contribution in [0.3, 0.4) is 0 Å². The van der Waals surface area contributed by atoms with Crippen molar-refractivity contribution in [1.29, 1.82) is 0 Å². The average Bonchev–Trinajstić information content (AvgIpc) is 2.86. The molecule has 0 amide bonds. The van der Waals surface area contributed by atoms with Crippen molar-refractivity contribution < 1.29 is 9.47 Å². The number of fused-ring (bicyclic) bond motifs is 4. The van der Waals surface area contributed by atoms with Crippen LogP contribution in [0.5, 0.6) is 11.5 Å². The van der Waals surface area contributed by atoms with Gasteiger partial charge in [-0.25, -0.2) is 9.97 Å². The second-order valence-corrected chi connectivity index (χ2v) is 8.61. The van der Waals surface area contributed by atoms with Gasteiger partial charge in [-0.05, 0) is 56.3 Å². The van der Waals surface area contributed by atoms with Crippen molar-refractivity contribution in [3.8, 4) is 11.5 Å². The number of ether oxygens (including phenoxy) is 2. The minimum atomic E-state index is 0.329. The van der Waals surface area contributed by atoms with E-state index in [4.69, 9.17) is 19.4 Å². The Morgan fingerprint density at radius 2 is 1.24 bits per heavy atom. The van der Waals surface area contributed by atoms with Crippen molar-refractivity contribution in [2.75, 3.05) is 13.1 Å². The number of benzene rings is 3. The molecule has 0 atom stereocenters. The molecule has 4 aromatic rings. The van der Waals surface area contributed by atoms with E-state index in [9.17, 15) is 0 Å². The lowest BCUT2D eigenvalue weighted by molar-refractivity contribution is 0.274. The number of hydrogen-bond acceptors (Lipinski definition) is 6. The van der Waals surface area contributed by atoms with Crippen molar-refractivity contribution in [3.05, 3.63) is 94.8 Å². The number of rotatable bonds is 0. The molecular weight excluding hydrogens is 424 g/mol. The van der Waals surface area contributed by atoms with Crippen LogP contribution in [0.15, 0.2) is 66.7 Å². The maximum absolute atomic E-state index is 6.28. The van der Waals surface area contributed by atoms with Crippen LogP contribution in [0.1, 0.15) is 34.5 Å². The third-order valence-electron chi connectivity index (χ3n) is 5.99. The van der Waals surface area contributed by atoms with Gasteiger partial charge in [-0.3, -0.25) is 0 Å². The van der Waals surface area contributed by atoms with Crippen LogP contribution >= 0.6 is 0 Å². The number of aromatic nitrogens is 2. The van der Waals surface area contributed by atoms with Crippen molar-refractivity contribution in [1.82, 2.24) is 20.6 Å². The van der Waals surface area contributed by atoms with Gasteiger partial charge in [-0.2, -0.15) is 0 Å². The molecule has 5 rings (SSSR count). The fourth-order valence-corrected chi connectivity index (χ4v) is 4.13. The maximum Gasteiger partial charge on any atom is 0.132 e. The first kappa shape index (κ1) is 22.3. The predicted octanol–water partition coefficient (Wildman–Crippen LogP) is 4.68. The molecule has 0 unspecified atom stereocenters. The summed E-state index contributed by atoms with van der Waals surface area (Å²) in [5, 5.41) is 7.06. The van der Waals surface area contributed by atoms with E-state index in [0.29, 0.717) is 13.2 Å². The quantitative estimate of drug-likeness (QED) is 0.402. The summed E-state index contributed by atoms with van der Waals surface area (Å²) in [7, 11) is 0. The maximum atomic E-state index is 6.28. The summed E-state index contributed by atoms with van der Waals surface area (Å²) in [6.07, 6.45) is 1.04. The average molecular weight is 455 g/mol. The van der Waals surface area contributed by atoms with Crippen LogP contribution < -0.4 is 20.1 Å². The van der Waals surface area contributed by atoms with Crippen LogP contribution in [0, 0.1) is 6.92 Å². The van der Waals surface area contributed by atoms with E-state index >= 15 is 0 Å². The third-order valence-corrected chi connectivity index (χ3v) is 5.99. The highest BCUT2D eigenvalue weighted by Gasteiger charge is 2.14. The first-order valence-electron chi connectivity index (χ1n) is 11.9. The summed E-state index contributed by atoms with van der Waals surface area (Å²) in [5.41, 5.74) is 6.73. The molecular formula is C28H30N4O2. The fourth-order valence-electron chi connectivity index (χ4n) is 4.13. The highest BCUT2D eigenvalue weighted by molar-refractivity contribution is 5.75. The van der Waals surface area contributed by atoms with Gasteiger partial charge in [0.1, 0.15) is 36.1 Å². The third kappa shape index (κ3) is 5.35. The Morgan fingerprint density at radius 1 is 0.676 bits per heavy atom. The van der Waals surface area contributed by atoms with Crippen molar-refractivity contribution >= 4 is 11.0 Å². The molecule has 1 aliphatic heterocycles. The monoisotopic (exact) mass is 454 g/mol. The standard InChI is InChI=1S/C28H30N4O2/c1-20-11-12-23-24(15-20)32-26-19-34-28-10-5-3-8-22(28)17-30-14-6-13-29-16-21-7-2-4-9-27(21)33-18-25(26)31-23/h2-5,7-12,15,29-30H,6,13-14,16-19H2,1H3. The molecule has 0 bridgehead atoms. The van der Waals surface area contributed by atoms with Gasteiger partial charge in [-0.15, -0.1) is 0 Å². The molecule has 6 heteroatoms. The highest BCUT2D eigenvalue weighted by atomic mass is 16.5. The van der Waals surface area contributed by atoms with Gasteiger partial charge in [0.05, 0.1) is 11.0 Å². The Bertz CT molecular complexity index is 1270. The normalized spacial score (nSPS) is 15.2. The molecule has 0 aliphatic carbocycles. The molecule has 174 valence electrons. The van der Waals surface area contributed by atoms with Crippen LogP contribution in [-0.4, -0.2) is 23.1 Å². The van der Waals surface area contributed by atoms with Gasteiger partial charge in [-0.1, -0.05) is 42.5 Å². The Hall–Kier alpha value is -3.48. The number of aryl methyl sites for hydroxylation is 1. The van der Waals surface area contributed by atoms with E-state index in [-0.39, 0.29) is 0 Å². The highest BCUT2D eigenvalue weighted by Crippen LogP contribution is 2.23. The molecule has 2 N–H and O–H groups in total. The Kier molecular flexibility index (Phi) is 6.98. The SMILES string of the molecule is Cc1ccc2nc3c(nc2c1)COc1ccccc1CNCCCNCc1ccccc1OC3. The molecule has 1 aliphatic rings. The summed E-state index contributed by atoms with van der Waals surface area (Å²) in [4.78, 5) is 9.84. The van der Waals surface area contributed by atoms with E-state index < -0.39 is 0 Å². The minimum absolute atomic E-state index is 0.329. The van der Waals surface area contributed by atoms with E-state index in [1.165, 1.54) is 0 Å². The van der Waals surface area contributed by atoms with Crippen molar-refractivity contribution in [3.63, 3.8) is 0 Å². The molecule has 0 spiro atoms. The number of para-hydroxylation sites is 2. The van der Waals surface area contributed by atoms with E-state index in [2.05, 4.69) is 41.8 Å². The number of nitrogens with zero attached hydrogens (tertiary/aromatic N) is 2. The van der Waals surface area contributed by atoms with Crippen molar-refractivity contribution in [2.24, 2.45) is 0 Å². The zero-order chi connectivity index (χ0) is 23.2. The zero-order valence-corrected chi connectivity index (χ0v) is 19.5. The summed E-state index contributed by atoms with van der Waals surface area (Å²) in [6, 6.07) is 22.5. The predicted molar refractivity (Wildman–Crippen MR) is 134 cm³/mol. The molecule has 3 aromatic carbocycles. The Labute approximate surface area is 200 Å². The van der Waals surface area contributed by atoms with Gasteiger partial charge in [0.25, 0.3) is 0 Å². The van der Waals surface area contributed by atoms with E-state index in [1.54, 1.807) is 0 Å². The molecule has 2 heterocycles.